The fourth-order valence-corrected chi connectivity index (χ4v) is 7.30. The summed E-state index contributed by atoms with van der Waals surface area (Å²) < 4.78 is 6.53. The van der Waals surface area contributed by atoms with Crippen LogP contribution in [0.15, 0.2) is 190 Å². The minimum absolute atomic E-state index is 0.475. The van der Waals surface area contributed by atoms with Gasteiger partial charge in [-0.15, -0.1) is 0 Å². The molecule has 8 aromatic carbocycles. The molecular formula is C47H31N3O. The Bertz CT molecular complexity index is 2830. The number of hydrogen-bond acceptors (Lipinski definition) is 4. The second kappa shape index (κ2) is 12.0. The van der Waals surface area contributed by atoms with Crippen LogP contribution in [0.1, 0.15) is 22.9 Å². The summed E-state index contributed by atoms with van der Waals surface area (Å²) in [4.78, 5) is 10.5. The molecular weight excluding hydrogens is 623 g/mol. The van der Waals surface area contributed by atoms with Crippen molar-refractivity contribution in [3.8, 4) is 22.3 Å². The fraction of sp³-hybridized carbons (Fsp3) is 0.0213. The van der Waals surface area contributed by atoms with E-state index in [9.17, 15) is 0 Å². The van der Waals surface area contributed by atoms with Crippen LogP contribution in [-0.2, 0) is 0 Å². The van der Waals surface area contributed by atoms with E-state index in [4.69, 9.17) is 14.4 Å². The molecule has 1 unspecified atom stereocenters. The van der Waals surface area contributed by atoms with Crippen molar-refractivity contribution in [2.24, 2.45) is 9.98 Å². The summed E-state index contributed by atoms with van der Waals surface area (Å²) in [6, 6.07) is 61.7. The van der Waals surface area contributed by atoms with Crippen molar-refractivity contribution in [2.45, 2.75) is 6.17 Å². The maximum atomic E-state index is 6.53. The van der Waals surface area contributed by atoms with Crippen LogP contribution < -0.4 is 5.32 Å². The minimum Gasteiger partial charge on any atom is -0.456 e. The predicted molar refractivity (Wildman–Crippen MR) is 211 cm³/mol. The Kier molecular flexibility index (Phi) is 6.85. The number of amidine groups is 2. The van der Waals surface area contributed by atoms with Crippen LogP contribution in [0.4, 0.5) is 0 Å². The van der Waals surface area contributed by atoms with Gasteiger partial charge in [0.1, 0.15) is 22.8 Å². The van der Waals surface area contributed by atoms with Gasteiger partial charge in [0.05, 0.1) is 0 Å². The predicted octanol–water partition coefficient (Wildman–Crippen LogP) is 11.7. The van der Waals surface area contributed by atoms with Crippen LogP contribution in [0.2, 0.25) is 0 Å². The van der Waals surface area contributed by atoms with Gasteiger partial charge in [0.25, 0.3) is 0 Å². The van der Waals surface area contributed by atoms with Crippen molar-refractivity contribution in [3.05, 3.63) is 193 Å². The minimum atomic E-state index is -0.475. The van der Waals surface area contributed by atoms with E-state index in [1.807, 2.05) is 36.4 Å². The molecule has 10 rings (SSSR count). The van der Waals surface area contributed by atoms with Gasteiger partial charge in [0.2, 0.25) is 0 Å². The molecule has 1 aromatic heterocycles. The smallest absolute Gasteiger partial charge is 0.170 e. The Morgan fingerprint density at radius 2 is 0.941 bits per heavy atom. The molecule has 0 aliphatic carbocycles. The quantitative estimate of drug-likeness (QED) is 0.201. The number of nitrogens with one attached hydrogen (secondary N) is 1. The lowest BCUT2D eigenvalue weighted by Gasteiger charge is -2.23. The normalized spacial score (nSPS) is 14.5. The third kappa shape index (κ3) is 5.25. The number of aliphatic imine (C=N–C) groups is 2. The summed E-state index contributed by atoms with van der Waals surface area (Å²) in [6.07, 6.45) is -0.475. The van der Waals surface area contributed by atoms with E-state index in [0.29, 0.717) is 0 Å². The first kappa shape index (κ1) is 29.2. The Morgan fingerprint density at radius 1 is 0.392 bits per heavy atom. The van der Waals surface area contributed by atoms with E-state index in [1.54, 1.807) is 0 Å². The topological polar surface area (TPSA) is 49.9 Å². The molecule has 0 saturated heterocycles. The standard InChI is InChI=1S/C47H31N3O/c1-3-10-30(11-4-1)34-20-21-37-28-39(23-22-35(37)27-34)46-48-45(32-13-5-2-6-14-32)49-47(50-46)41-16-9-17-42-44(41)40-25-24-38(29-43(40)51-42)36-19-18-31-12-7-8-15-33(31)26-36/h1-29,47H,(H,48,49,50). The molecule has 1 aliphatic rings. The molecule has 1 atom stereocenters. The molecule has 4 heteroatoms. The van der Waals surface area contributed by atoms with Crippen molar-refractivity contribution < 1.29 is 4.42 Å². The lowest BCUT2D eigenvalue weighted by atomic mass is 9.98. The lowest BCUT2D eigenvalue weighted by molar-refractivity contribution is 0.668. The monoisotopic (exact) mass is 653 g/mol. The van der Waals surface area contributed by atoms with Gasteiger partial charge in [-0.05, 0) is 80.2 Å². The first-order valence-electron chi connectivity index (χ1n) is 17.3. The molecule has 9 aromatic rings. The highest BCUT2D eigenvalue weighted by molar-refractivity contribution is 6.17. The van der Waals surface area contributed by atoms with Crippen molar-refractivity contribution in [1.29, 1.82) is 0 Å². The fourth-order valence-electron chi connectivity index (χ4n) is 7.30. The van der Waals surface area contributed by atoms with Gasteiger partial charge in [-0.25, -0.2) is 9.98 Å². The molecule has 0 spiro atoms. The van der Waals surface area contributed by atoms with E-state index < -0.39 is 6.17 Å². The van der Waals surface area contributed by atoms with Crippen molar-refractivity contribution >= 4 is 55.2 Å². The average molecular weight is 654 g/mol. The number of fused-ring (bicyclic) bond motifs is 5. The second-order valence-electron chi connectivity index (χ2n) is 13.1. The third-order valence-electron chi connectivity index (χ3n) is 9.90. The van der Waals surface area contributed by atoms with Gasteiger partial charge < -0.3 is 9.73 Å². The zero-order valence-electron chi connectivity index (χ0n) is 27.6. The Hall–Kier alpha value is -6.78. The molecule has 0 amide bonds. The Labute approximate surface area is 295 Å². The highest BCUT2D eigenvalue weighted by Gasteiger charge is 2.24. The van der Waals surface area contributed by atoms with Crippen molar-refractivity contribution in [2.75, 3.05) is 0 Å². The molecule has 1 N–H and O–H groups in total. The van der Waals surface area contributed by atoms with Gasteiger partial charge in [0, 0.05) is 27.5 Å². The SMILES string of the molecule is c1ccc(C2=NC(c3cccc4oc5cc(-c6ccc7ccccc7c6)ccc5c34)N=C(c3ccc4cc(-c5ccccc5)ccc4c3)N2)cc1. The van der Waals surface area contributed by atoms with Crippen LogP contribution in [0, 0.1) is 0 Å². The van der Waals surface area contributed by atoms with Crippen LogP contribution in [0.3, 0.4) is 0 Å². The first-order chi connectivity index (χ1) is 25.2. The zero-order valence-corrected chi connectivity index (χ0v) is 27.6. The molecule has 240 valence electrons. The molecule has 0 saturated carbocycles. The zero-order chi connectivity index (χ0) is 33.7. The highest BCUT2D eigenvalue weighted by Crippen LogP contribution is 2.39. The van der Waals surface area contributed by atoms with Gasteiger partial charge in [-0.1, -0.05) is 140 Å². The first-order valence-corrected chi connectivity index (χ1v) is 17.3. The second-order valence-corrected chi connectivity index (χ2v) is 13.1. The van der Waals surface area contributed by atoms with E-state index in [2.05, 4.69) is 145 Å². The van der Waals surface area contributed by atoms with Gasteiger partial charge >= 0.3 is 0 Å². The molecule has 0 radical (unpaired) electrons. The van der Waals surface area contributed by atoms with E-state index in [-0.39, 0.29) is 0 Å². The number of furan rings is 1. The van der Waals surface area contributed by atoms with Gasteiger partial charge in [-0.3, -0.25) is 0 Å². The third-order valence-corrected chi connectivity index (χ3v) is 9.90. The maximum absolute atomic E-state index is 6.53. The molecule has 4 nitrogen and oxygen atoms in total. The summed E-state index contributed by atoms with van der Waals surface area (Å²) >= 11 is 0. The number of hydrogen-bond donors (Lipinski definition) is 1. The lowest BCUT2D eigenvalue weighted by Crippen LogP contribution is -2.36. The van der Waals surface area contributed by atoms with E-state index in [0.717, 1.165) is 66.8 Å². The molecule has 0 fully saturated rings. The van der Waals surface area contributed by atoms with Crippen LogP contribution in [-0.4, -0.2) is 11.7 Å². The van der Waals surface area contributed by atoms with Crippen LogP contribution in [0.5, 0.6) is 0 Å². The Morgan fingerprint density at radius 3 is 1.71 bits per heavy atom. The van der Waals surface area contributed by atoms with Crippen molar-refractivity contribution in [3.63, 3.8) is 0 Å². The van der Waals surface area contributed by atoms with Gasteiger partial charge in [0.15, 0.2) is 6.17 Å². The largest absolute Gasteiger partial charge is 0.456 e. The average Bonchev–Trinajstić information content (AvgIpc) is 3.59. The van der Waals surface area contributed by atoms with E-state index in [1.165, 1.54) is 27.3 Å². The summed E-state index contributed by atoms with van der Waals surface area (Å²) in [5, 5.41) is 10.5. The van der Waals surface area contributed by atoms with Crippen molar-refractivity contribution in [1.82, 2.24) is 5.32 Å². The van der Waals surface area contributed by atoms with Crippen LogP contribution >= 0.6 is 0 Å². The van der Waals surface area contributed by atoms with E-state index >= 15 is 0 Å². The maximum Gasteiger partial charge on any atom is 0.170 e. The molecule has 51 heavy (non-hydrogen) atoms. The summed E-state index contributed by atoms with van der Waals surface area (Å²) in [5.41, 5.74) is 9.37. The summed E-state index contributed by atoms with van der Waals surface area (Å²) in [5.74, 6) is 1.57. The molecule has 2 heterocycles. The summed E-state index contributed by atoms with van der Waals surface area (Å²) in [7, 11) is 0. The number of benzene rings is 8. The molecule has 0 bridgehead atoms. The van der Waals surface area contributed by atoms with Crippen LogP contribution in [0.25, 0.3) is 65.7 Å². The molecule has 1 aliphatic heterocycles. The number of nitrogens with zero attached hydrogens (tertiary/aromatic N) is 2. The Balaban J connectivity index is 1.08. The van der Waals surface area contributed by atoms with Gasteiger partial charge in [-0.2, -0.15) is 0 Å². The summed E-state index contributed by atoms with van der Waals surface area (Å²) in [6.45, 7) is 0. The number of rotatable bonds is 5. The highest BCUT2D eigenvalue weighted by atomic mass is 16.3.